The highest BCUT2D eigenvalue weighted by molar-refractivity contribution is 5.85. The second kappa shape index (κ2) is 8.87. The largest absolute Gasteiger partial charge is 0.312 e. The monoisotopic (exact) mass is 395 g/mol. The van der Waals surface area contributed by atoms with Crippen LogP contribution in [-0.4, -0.2) is 21.3 Å². The van der Waals surface area contributed by atoms with Gasteiger partial charge >= 0.3 is 0 Å². The Labute approximate surface area is 169 Å². The van der Waals surface area contributed by atoms with Gasteiger partial charge in [0, 0.05) is 24.0 Å². The van der Waals surface area contributed by atoms with Crippen LogP contribution < -0.4 is 10.9 Å². The SMILES string of the molecule is Cl.N#Cc1cccc(CNCC2CCc3[nH]n(-c4ccccn4)c(=O)c3C2)c1. The molecule has 1 aromatic carbocycles. The smallest absolute Gasteiger partial charge is 0.276 e. The average molecular weight is 396 g/mol. The summed E-state index contributed by atoms with van der Waals surface area (Å²) in [6, 6.07) is 15.4. The molecule has 7 heteroatoms. The molecule has 0 aliphatic heterocycles. The molecule has 0 fully saturated rings. The fourth-order valence-electron chi connectivity index (χ4n) is 3.67. The number of hydrogen-bond acceptors (Lipinski definition) is 4. The highest BCUT2D eigenvalue weighted by Crippen LogP contribution is 2.22. The van der Waals surface area contributed by atoms with Crippen LogP contribution in [0.3, 0.4) is 0 Å². The minimum atomic E-state index is 0. The van der Waals surface area contributed by atoms with Crippen LogP contribution in [0, 0.1) is 17.2 Å². The summed E-state index contributed by atoms with van der Waals surface area (Å²) >= 11 is 0. The molecule has 1 atom stereocenters. The van der Waals surface area contributed by atoms with E-state index < -0.39 is 0 Å². The van der Waals surface area contributed by atoms with Crippen molar-refractivity contribution in [3.05, 3.63) is 81.4 Å². The van der Waals surface area contributed by atoms with Gasteiger partial charge in [0.15, 0.2) is 5.82 Å². The van der Waals surface area contributed by atoms with Gasteiger partial charge in [-0.1, -0.05) is 18.2 Å². The van der Waals surface area contributed by atoms with Gasteiger partial charge in [-0.2, -0.15) is 5.26 Å². The molecule has 0 amide bonds. The van der Waals surface area contributed by atoms with Gasteiger partial charge in [0.1, 0.15) is 0 Å². The average Bonchev–Trinajstić information content (AvgIpc) is 3.05. The Morgan fingerprint density at radius 2 is 2.18 bits per heavy atom. The first-order chi connectivity index (χ1) is 13.2. The molecule has 1 aliphatic carbocycles. The van der Waals surface area contributed by atoms with Gasteiger partial charge in [0.25, 0.3) is 5.56 Å². The predicted octanol–water partition coefficient (Wildman–Crippen LogP) is 2.75. The number of aromatic nitrogens is 3. The predicted molar refractivity (Wildman–Crippen MR) is 110 cm³/mol. The van der Waals surface area contributed by atoms with Crippen molar-refractivity contribution < 1.29 is 0 Å². The second-order valence-electron chi connectivity index (χ2n) is 6.95. The molecule has 1 unspecified atom stereocenters. The van der Waals surface area contributed by atoms with Gasteiger partial charge in [-0.05, 0) is 61.6 Å². The summed E-state index contributed by atoms with van der Waals surface area (Å²) in [5.74, 6) is 1.06. The van der Waals surface area contributed by atoms with Crippen LogP contribution in [-0.2, 0) is 19.4 Å². The van der Waals surface area contributed by atoms with E-state index in [4.69, 9.17) is 5.26 Å². The number of nitriles is 1. The third-order valence-corrected chi connectivity index (χ3v) is 5.06. The molecule has 0 bridgehead atoms. The summed E-state index contributed by atoms with van der Waals surface area (Å²) in [6.07, 6.45) is 4.38. The van der Waals surface area contributed by atoms with E-state index in [0.29, 0.717) is 17.3 Å². The summed E-state index contributed by atoms with van der Waals surface area (Å²) in [5.41, 5.74) is 3.70. The topological polar surface area (TPSA) is 86.5 Å². The number of H-pyrrole nitrogens is 1. The Kier molecular flexibility index (Phi) is 6.30. The number of hydrogen-bond donors (Lipinski definition) is 2. The van der Waals surface area contributed by atoms with Crippen LogP contribution in [0.2, 0.25) is 0 Å². The molecule has 2 N–H and O–H groups in total. The molecule has 0 saturated heterocycles. The summed E-state index contributed by atoms with van der Waals surface area (Å²) in [4.78, 5) is 17.0. The zero-order valence-electron chi connectivity index (χ0n) is 15.4. The standard InChI is InChI=1S/C21H21N5O.ClH/c22-12-15-4-3-5-16(10-15)13-23-14-17-7-8-19-18(11-17)21(27)26(25-19)20-6-1-2-9-24-20;/h1-6,9-10,17,23,25H,7-8,11,13-14H2;1H. The number of halogens is 1. The molecule has 0 saturated carbocycles. The molecule has 3 aromatic rings. The molecule has 144 valence electrons. The van der Waals surface area contributed by atoms with Crippen LogP contribution in [0.25, 0.3) is 5.82 Å². The first-order valence-electron chi connectivity index (χ1n) is 9.18. The zero-order chi connectivity index (χ0) is 18.6. The lowest BCUT2D eigenvalue weighted by Gasteiger charge is -2.21. The number of fused-ring (bicyclic) bond motifs is 1. The number of benzene rings is 1. The molecule has 1 aliphatic rings. The van der Waals surface area contributed by atoms with Crippen LogP contribution in [0.5, 0.6) is 0 Å². The Morgan fingerprint density at radius 1 is 1.29 bits per heavy atom. The number of rotatable bonds is 5. The quantitative estimate of drug-likeness (QED) is 0.695. The fraction of sp³-hybridized carbons (Fsp3) is 0.286. The minimum absolute atomic E-state index is 0. The molecular weight excluding hydrogens is 374 g/mol. The van der Waals surface area contributed by atoms with Crippen LogP contribution >= 0.6 is 12.4 Å². The van der Waals surface area contributed by atoms with E-state index >= 15 is 0 Å². The molecule has 0 spiro atoms. The van der Waals surface area contributed by atoms with Gasteiger partial charge in [-0.25, -0.2) is 9.67 Å². The van der Waals surface area contributed by atoms with Crippen molar-refractivity contribution >= 4 is 12.4 Å². The Balaban J connectivity index is 0.00000225. The first-order valence-corrected chi connectivity index (χ1v) is 9.18. The molecular formula is C21H22ClN5O. The number of aromatic amines is 1. The third-order valence-electron chi connectivity index (χ3n) is 5.06. The molecule has 4 rings (SSSR count). The third kappa shape index (κ3) is 4.16. The maximum absolute atomic E-state index is 12.8. The van der Waals surface area contributed by atoms with E-state index in [2.05, 4.69) is 21.5 Å². The van der Waals surface area contributed by atoms with Gasteiger partial charge in [-0.15, -0.1) is 12.4 Å². The summed E-state index contributed by atoms with van der Waals surface area (Å²) < 4.78 is 1.55. The van der Waals surface area contributed by atoms with Gasteiger partial charge < -0.3 is 5.32 Å². The van der Waals surface area contributed by atoms with E-state index in [1.807, 2.05) is 42.5 Å². The van der Waals surface area contributed by atoms with E-state index in [0.717, 1.165) is 49.2 Å². The summed E-state index contributed by atoms with van der Waals surface area (Å²) in [7, 11) is 0. The Morgan fingerprint density at radius 3 is 2.96 bits per heavy atom. The Bertz CT molecular complexity index is 1030. The van der Waals surface area contributed by atoms with Crippen molar-refractivity contribution in [3.8, 4) is 11.9 Å². The van der Waals surface area contributed by atoms with Gasteiger partial charge in [0.2, 0.25) is 0 Å². The van der Waals surface area contributed by atoms with E-state index in [1.165, 1.54) is 0 Å². The van der Waals surface area contributed by atoms with E-state index in [1.54, 1.807) is 10.9 Å². The highest BCUT2D eigenvalue weighted by atomic mass is 35.5. The number of nitrogens with zero attached hydrogens (tertiary/aromatic N) is 3. The van der Waals surface area contributed by atoms with Gasteiger partial charge in [0.05, 0.1) is 11.6 Å². The molecule has 28 heavy (non-hydrogen) atoms. The van der Waals surface area contributed by atoms with Crippen molar-refractivity contribution in [2.45, 2.75) is 25.8 Å². The van der Waals surface area contributed by atoms with Crippen LogP contribution in [0.4, 0.5) is 0 Å². The summed E-state index contributed by atoms with van der Waals surface area (Å²) in [6.45, 7) is 1.58. The normalized spacial score (nSPS) is 15.3. The summed E-state index contributed by atoms with van der Waals surface area (Å²) in [5, 5.41) is 15.7. The number of pyridine rings is 1. The molecule has 2 aromatic heterocycles. The maximum Gasteiger partial charge on any atom is 0.276 e. The van der Waals surface area contributed by atoms with Gasteiger partial charge in [-0.3, -0.25) is 9.89 Å². The van der Waals surface area contributed by atoms with Crippen LogP contribution in [0.1, 0.15) is 28.8 Å². The fourth-order valence-corrected chi connectivity index (χ4v) is 3.67. The molecule has 0 radical (unpaired) electrons. The first kappa shape index (κ1) is 19.9. The lowest BCUT2D eigenvalue weighted by molar-refractivity contribution is 0.421. The van der Waals surface area contributed by atoms with Crippen molar-refractivity contribution in [1.29, 1.82) is 5.26 Å². The minimum Gasteiger partial charge on any atom is -0.312 e. The van der Waals surface area contributed by atoms with Crippen molar-refractivity contribution in [2.24, 2.45) is 5.92 Å². The molecule has 2 heterocycles. The second-order valence-corrected chi connectivity index (χ2v) is 6.95. The van der Waals surface area contributed by atoms with E-state index in [9.17, 15) is 4.79 Å². The van der Waals surface area contributed by atoms with Crippen LogP contribution in [0.15, 0.2) is 53.5 Å². The lowest BCUT2D eigenvalue weighted by atomic mass is 9.87. The number of aryl methyl sites for hydroxylation is 1. The zero-order valence-corrected chi connectivity index (χ0v) is 16.2. The van der Waals surface area contributed by atoms with Crippen molar-refractivity contribution in [1.82, 2.24) is 20.1 Å². The molecule has 6 nitrogen and oxygen atoms in total. The Hall–Kier alpha value is -2.88. The highest BCUT2D eigenvalue weighted by Gasteiger charge is 2.24. The maximum atomic E-state index is 12.8. The van der Waals surface area contributed by atoms with Crippen molar-refractivity contribution in [3.63, 3.8) is 0 Å². The van der Waals surface area contributed by atoms with Crippen molar-refractivity contribution in [2.75, 3.05) is 6.54 Å². The number of nitrogens with one attached hydrogen (secondary N) is 2. The lowest BCUT2D eigenvalue weighted by Crippen LogP contribution is -2.29. The van der Waals surface area contributed by atoms with E-state index in [-0.39, 0.29) is 18.0 Å².